The molecule has 2 aromatic rings. The van der Waals surface area contributed by atoms with Crippen LogP contribution in [-0.2, 0) is 29.0 Å². The molecule has 3 aliphatic heterocycles. The lowest BCUT2D eigenvalue weighted by molar-refractivity contribution is -0.136. The molecule has 1 N–H and O–H groups in total. The number of anilines is 1. The molecule has 1 fully saturated rings. The highest BCUT2D eigenvalue weighted by Gasteiger charge is 2.39. The Morgan fingerprint density at radius 1 is 1.03 bits per heavy atom. The van der Waals surface area contributed by atoms with Gasteiger partial charge in [-0.25, -0.2) is 0 Å². The van der Waals surface area contributed by atoms with Crippen molar-refractivity contribution in [1.29, 1.82) is 0 Å². The number of hydrogen-bond donors (Lipinski definition) is 1. The van der Waals surface area contributed by atoms with Crippen LogP contribution in [0.15, 0.2) is 40.9 Å². The zero-order chi connectivity index (χ0) is 22.9. The Kier molecular flexibility index (Phi) is 6.23. The summed E-state index contributed by atoms with van der Waals surface area (Å²) in [6.07, 6.45) is 6.08. The fourth-order valence-electron chi connectivity index (χ4n) is 5.35. The molecule has 172 valence electrons. The molecule has 1 atom stereocenters. The van der Waals surface area contributed by atoms with Crippen LogP contribution in [0, 0.1) is 0 Å². The predicted molar refractivity (Wildman–Crippen MR) is 130 cm³/mol. The third-order valence-electron chi connectivity index (χ3n) is 7.09. The van der Waals surface area contributed by atoms with Gasteiger partial charge in [0.2, 0.25) is 11.8 Å². The number of carbonyl (C=O) groups is 3. The second-order valence-corrected chi connectivity index (χ2v) is 10.1. The summed E-state index contributed by atoms with van der Waals surface area (Å²) < 4.78 is 1.15. The van der Waals surface area contributed by atoms with Crippen molar-refractivity contribution in [2.24, 2.45) is 0 Å². The van der Waals surface area contributed by atoms with E-state index in [9.17, 15) is 14.4 Å². The molecule has 1 saturated heterocycles. The van der Waals surface area contributed by atoms with Crippen LogP contribution in [0.2, 0.25) is 0 Å². The fourth-order valence-corrected chi connectivity index (χ4v) is 5.76. The highest BCUT2D eigenvalue weighted by Crippen LogP contribution is 2.32. The Bertz CT molecular complexity index is 1120. The number of unbranched alkanes of at least 4 members (excludes halogenated alkanes) is 2. The van der Waals surface area contributed by atoms with Crippen molar-refractivity contribution in [3.8, 4) is 0 Å². The lowest BCUT2D eigenvalue weighted by atomic mass is 9.98. The van der Waals surface area contributed by atoms with E-state index in [-0.39, 0.29) is 24.1 Å². The summed E-state index contributed by atoms with van der Waals surface area (Å²) in [4.78, 5) is 40.9. The molecular formula is C26H28BrN3O3. The minimum Gasteiger partial charge on any atom is -0.371 e. The topological polar surface area (TPSA) is 69.7 Å². The van der Waals surface area contributed by atoms with E-state index in [1.807, 2.05) is 12.1 Å². The van der Waals surface area contributed by atoms with Gasteiger partial charge in [0.15, 0.2) is 0 Å². The van der Waals surface area contributed by atoms with Gasteiger partial charge in [-0.2, -0.15) is 0 Å². The van der Waals surface area contributed by atoms with Crippen molar-refractivity contribution in [2.75, 3.05) is 18.0 Å². The molecule has 5 rings (SSSR count). The summed E-state index contributed by atoms with van der Waals surface area (Å²) in [5.41, 5.74) is 5.75. The molecule has 3 heterocycles. The number of carbonyl (C=O) groups excluding carboxylic acids is 3. The zero-order valence-electron chi connectivity index (χ0n) is 18.6. The van der Waals surface area contributed by atoms with E-state index in [4.69, 9.17) is 0 Å². The molecule has 0 aromatic heterocycles. The molecular weight excluding hydrogens is 482 g/mol. The Balaban J connectivity index is 1.15. The van der Waals surface area contributed by atoms with Crippen LogP contribution in [0.3, 0.4) is 0 Å². The molecule has 0 bridgehead atoms. The number of amides is 3. The van der Waals surface area contributed by atoms with Gasteiger partial charge >= 0.3 is 0 Å². The summed E-state index contributed by atoms with van der Waals surface area (Å²) >= 11 is 3.56. The number of aryl methyl sites for hydroxylation is 1. The molecule has 7 heteroatoms. The maximum atomic E-state index is 13.0. The maximum Gasteiger partial charge on any atom is 0.255 e. The molecule has 33 heavy (non-hydrogen) atoms. The molecule has 1 unspecified atom stereocenters. The Labute approximate surface area is 202 Å². The number of fused-ring (bicyclic) bond motifs is 2. The minimum absolute atomic E-state index is 0.0966. The van der Waals surface area contributed by atoms with E-state index >= 15 is 0 Å². The number of hydrogen-bond acceptors (Lipinski definition) is 4. The van der Waals surface area contributed by atoms with E-state index in [1.54, 1.807) is 4.90 Å². The second kappa shape index (κ2) is 9.29. The monoisotopic (exact) mass is 509 g/mol. The van der Waals surface area contributed by atoms with Gasteiger partial charge in [-0.3, -0.25) is 19.7 Å². The van der Waals surface area contributed by atoms with Gasteiger partial charge < -0.3 is 9.80 Å². The van der Waals surface area contributed by atoms with E-state index < -0.39 is 6.04 Å². The summed E-state index contributed by atoms with van der Waals surface area (Å²) in [5, 5.41) is 2.37. The standard InChI is InChI=1S/C26H28BrN3O3/c27-19-8-9-22-18(15-19)12-14-29(22)13-3-1-2-5-17-6-4-7-20-21(17)16-30(26(20)33)23-10-11-24(31)28-25(23)32/h4,6-9,15,23H,1-3,5,10-14,16H2,(H,28,31,32). The van der Waals surface area contributed by atoms with E-state index in [0.29, 0.717) is 18.5 Å². The summed E-state index contributed by atoms with van der Waals surface area (Å²) in [5.74, 6) is -0.711. The molecule has 2 aromatic carbocycles. The molecule has 0 aliphatic carbocycles. The number of benzene rings is 2. The number of nitrogens with one attached hydrogen (secondary N) is 1. The smallest absolute Gasteiger partial charge is 0.255 e. The van der Waals surface area contributed by atoms with Crippen molar-refractivity contribution >= 4 is 39.3 Å². The van der Waals surface area contributed by atoms with Gasteiger partial charge in [-0.05, 0) is 73.1 Å². The number of rotatable bonds is 7. The first-order valence-corrected chi connectivity index (χ1v) is 12.6. The number of imide groups is 1. The zero-order valence-corrected chi connectivity index (χ0v) is 20.2. The maximum absolute atomic E-state index is 13.0. The van der Waals surface area contributed by atoms with Crippen molar-refractivity contribution < 1.29 is 14.4 Å². The second-order valence-electron chi connectivity index (χ2n) is 9.16. The van der Waals surface area contributed by atoms with Crippen LogP contribution in [0.1, 0.15) is 59.2 Å². The predicted octanol–water partition coefficient (Wildman–Crippen LogP) is 3.99. The average molecular weight is 510 g/mol. The number of nitrogens with zero attached hydrogens (tertiary/aromatic N) is 2. The highest BCUT2D eigenvalue weighted by molar-refractivity contribution is 9.10. The molecule has 0 saturated carbocycles. The first-order valence-electron chi connectivity index (χ1n) is 11.8. The molecule has 6 nitrogen and oxygen atoms in total. The van der Waals surface area contributed by atoms with Crippen LogP contribution in [0.4, 0.5) is 5.69 Å². The third kappa shape index (κ3) is 4.43. The van der Waals surface area contributed by atoms with Crippen molar-refractivity contribution in [3.63, 3.8) is 0 Å². The van der Waals surface area contributed by atoms with Crippen LogP contribution < -0.4 is 10.2 Å². The van der Waals surface area contributed by atoms with Gasteiger partial charge in [0.25, 0.3) is 5.91 Å². The van der Waals surface area contributed by atoms with Gasteiger partial charge in [-0.1, -0.05) is 34.5 Å². The van der Waals surface area contributed by atoms with Crippen molar-refractivity contribution in [3.05, 3.63) is 63.1 Å². The van der Waals surface area contributed by atoms with Crippen LogP contribution in [0.5, 0.6) is 0 Å². The lowest BCUT2D eigenvalue weighted by Gasteiger charge is -2.29. The van der Waals surface area contributed by atoms with E-state index in [2.05, 4.69) is 50.4 Å². The SMILES string of the molecule is O=C1CCC(N2Cc3c(CCCCCN4CCc5cc(Br)ccc54)cccc3C2=O)C(=O)N1. The van der Waals surface area contributed by atoms with Crippen LogP contribution >= 0.6 is 15.9 Å². The largest absolute Gasteiger partial charge is 0.371 e. The Hall–Kier alpha value is -2.67. The van der Waals surface area contributed by atoms with Crippen molar-refractivity contribution in [1.82, 2.24) is 10.2 Å². The first-order chi connectivity index (χ1) is 16.0. The highest BCUT2D eigenvalue weighted by atomic mass is 79.9. The van der Waals surface area contributed by atoms with E-state index in [0.717, 1.165) is 55.2 Å². The van der Waals surface area contributed by atoms with Gasteiger partial charge in [0, 0.05) is 41.8 Å². The van der Waals surface area contributed by atoms with Crippen LogP contribution in [0.25, 0.3) is 0 Å². The summed E-state index contributed by atoms with van der Waals surface area (Å²) in [7, 11) is 0. The lowest BCUT2D eigenvalue weighted by Crippen LogP contribution is -2.52. The average Bonchev–Trinajstić information content (AvgIpc) is 3.35. The normalized spacial score (nSPS) is 19.7. The molecule has 3 aliphatic rings. The Morgan fingerprint density at radius 3 is 2.76 bits per heavy atom. The first kappa shape index (κ1) is 22.1. The number of halogens is 1. The van der Waals surface area contributed by atoms with Gasteiger partial charge in [0.1, 0.15) is 6.04 Å². The van der Waals surface area contributed by atoms with E-state index in [1.165, 1.54) is 16.8 Å². The minimum atomic E-state index is -0.556. The Morgan fingerprint density at radius 2 is 1.91 bits per heavy atom. The van der Waals surface area contributed by atoms with Gasteiger partial charge in [0.05, 0.1) is 0 Å². The quantitative estimate of drug-likeness (QED) is 0.452. The fraction of sp³-hybridized carbons (Fsp3) is 0.423. The summed E-state index contributed by atoms with van der Waals surface area (Å²) in [6, 6.07) is 11.9. The van der Waals surface area contributed by atoms with Crippen molar-refractivity contribution in [2.45, 2.75) is 57.5 Å². The van der Waals surface area contributed by atoms with Gasteiger partial charge in [-0.15, -0.1) is 0 Å². The molecule has 0 radical (unpaired) electrons. The molecule has 0 spiro atoms. The third-order valence-corrected chi connectivity index (χ3v) is 7.58. The summed E-state index contributed by atoms with van der Waals surface area (Å²) in [6.45, 7) is 2.62. The van der Waals surface area contributed by atoms with Crippen LogP contribution in [-0.4, -0.2) is 41.8 Å². The number of piperidine rings is 1. The molecule has 3 amide bonds.